The van der Waals surface area contributed by atoms with Crippen LogP contribution in [0.1, 0.15) is 24.2 Å². The zero-order valence-electron chi connectivity index (χ0n) is 9.15. The molecule has 0 aliphatic carbocycles. The van der Waals surface area contributed by atoms with Gasteiger partial charge < -0.3 is 5.32 Å². The number of halogens is 2. The Morgan fingerprint density at radius 2 is 2.18 bits per heavy atom. The van der Waals surface area contributed by atoms with Gasteiger partial charge in [-0.05, 0) is 24.2 Å². The summed E-state index contributed by atoms with van der Waals surface area (Å²) in [5.41, 5.74) is 1.93. The van der Waals surface area contributed by atoms with Crippen LogP contribution in [0.15, 0.2) is 24.4 Å². The molecule has 0 saturated heterocycles. The third kappa shape index (κ3) is 2.96. The molecule has 2 aromatic rings. The molecule has 1 aromatic carbocycles. The van der Waals surface area contributed by atoms with Crippen LogP contribution in [-0.2, 0) is 0 Å². The highest BCUT2D eigenvalue weighted by Crippen LogP contribution is 2.28. The van der Waals surface area contributed by atoms with E-state index in [1.165, 1.54) is 11.7 Å². The van der Waals surface area contributed by atoms with E-state index in [9.17, 15) is 0 Å². The number of aromatic nitrogens is 2. The van der Waals surface area contributed by atoms with E-state index in [4.69, 9.17) is 23.2 Å². The summed E-state index contributed by atoms with van der Waals surface area (Å²) in [6.07, 6.45) is 1.76. The van der Waals surface area contributed by atoms with Crippen molar-refractivity contribution < 1.29 is 0 Å². The fourth-order valence-corrected chi connectivity index (χ4v) is 2.34. The van der Waals surface area contributed by atoms with E-state index < -0.39 is 0 Å². The van der Waals surface area contributed by atoms with Gasteiger partial charge in [0.15, 0.2) is 0 Å². The van der Waals surface area contributed by atoms with Crippen molar-refractivity contribution in [3.8, 4) is 0 Å². The van der Waals surface area contributed by atoms with E-state index >= 15 is 0 Å². The lowest BCUT2D eigenvalue weighted by molar-refractivity contribution is 0.620. The Bertz CT molecular complexity index is 487. The van der Waals surface area contributed by atoms with E-state index in [1.807, 2.05) is 19.1 Å². The van der Waals surface area contributed by atoms with E-state index in [0.29, 0.717) is 10.0 Å². The maximum atomic E-state index is 6.03. The highest BCUT2D eigenvalue weighted by Gasteiger charge is 2.16. The summed E-state index contributed by atoms with van der Waals surface area (Å²) in [6, 6.07) is 5.61. The van der Waals surface area contributed by atoms with Gasteiger partial charge in [0.25, 0.3) is 0 Å². The van der Waals surface area contributed by atoms with Gasteiger partial charge in [0.1, 0.15) is 0 Å². The average Bonchev–Trinajstić information content (AvgIpc) is 2.83. The number of hydrogen-bond donors (Lipinski definition) is 1. The molecule has 1 unspecified atom stereocenters. The lowest BCUT2D eigenvalue weighted by Crippen LogP contribution is -2.22. The molecule has 0 spiro atoms. The first-order valence-corrected chi connectivity index (χ1v) is 6.66. The Kier molecular flexibility index (Phi) is 4.34. The normalized spacial score (nSPS) is 12.6. The predicted octanol–water partition coefficient (Wildman–Crippen LogP) is 3.54. The molecule has 0 aliphatic heterocycles. The Morgan fingerprint density at radius 3 is 2.76 bits per heavy atom. The summed E-state index contributed by atoms with van der Waals surface area (Å²) < 4.78 is 8.28. The summed E-state index contributed by atoms with van der Waals surface area (Å²) >= 11 is 13.1. The SMILES string of the molecule is CCNC(c1ccc(Cl)c(Cl)c1)c1cnsn1. The van der Waals surface area contributed by atoms with Crippen molar-refractivity contribution in [2.45, 2.75) is 13.0 Å². The summed E-state index contributed by atoms with van der Waals surface area (Å²) in [7, 11) is 0. The first kappa shape index (κ1) is 12.8. The molecule has 0 radical (unpaired) electrons. The van der Waals surface area contributed by atoms with Crippen LogP contribution in [-0.4, -0.2) is 15.3 Å². The third-order valence-corrected chi connectivity index (χ3v) is 3.59. The molecule has 1 atom stereocenters. The number of hydrogen-bond acceptors (Lipinski definition) is 4. The number of benzene rings is 1. The summed E-state index contributed by atoms with van der Waals surface area (Å²) in [4.78, 5) is 0. The quantitative estimate of drug-likeness (QED) is 0.935. The molecule has 90 valence electrons. The van der Waals surface area contributed by atoms with Gasteiger partial charge in [-0.25, -0.2) is 0 Å². The molecule has 0 bridgehead atoms. The van der Waals surface area contributed by atoms with Gasteiger partial charge in [0.2, 0.25) is 0 Å². The largest absolute Gasteiger partial charge is 0.305 e. The molecular weight excluding hydrogens is 277 g/mol. The van der Waals surface area contributed by atoms with Crippen LogP contribution in [0.4, 0.5) is 0 Å². The van der Waals surface area contributed by atoms with Crippen LogP contribution in [0, 0.1) is 0 Å². The maximum absolute atomic E-state index is 6.03. The van der Waals surface area contributed by atoms with Crippen LogP contribution < -0.4 is 5.32 Å². The fraction of sp³-hybridized carbons (Fsp3) is 0.273. The molecule has 0 amide bonds. The van der Waals surface area contributed by atoms with Crippen LogP contribution in [0.5, 0.6) is 0 Å². The van der Waals surface area contributed by atoms with Gasteiger partial charge in [-0.1, -0.05) is 36.2 Å². The molecule has 0 saturated carbocycles. The highest BCUT2D eigenvalue weighted by molar-refractivity contribution is 6.99. The van der Waals surface area contributed by atoms with Gasteiger partial charge in [0, 0.05) is 0 Å². The van der Waals surface area contributed by atoms with E-state index in [0.717, 1.165) is 17.8 Å². The molecule has 1 aromatic heterocycles. The second-order valence-corrected chi connectivity index (χ2v) is 4.87. The molecule has 1 N–H and O–H groups in total. The Hall–Kier alpha value is -0.680. The topological polar surface area (TPSA) is 37.8 Å². The number of nitrogens with one attached hydrogen (secondary N) is 1. The van der Waals surface area contributed by atoms with Gasteiger partial charge in [0.05, 0.1) is 39.7 Å². The smallest absolute Gasteiger partial charge is 0.0957 e. The van der Waals surface area contributed by atoms with E-state index in [-0.39, 0.29) is 6.04 Å². The van der Waals surface area contributed by atoms with Gasteiger partial charge in [-0.15, -0.1) is 0 Å². The predicted molar refractivity (Wildman–Crippen MR) is 71.9 cm³/mol. The van der Waals surface area contributed by atoms with Gasteiger partial charge in [-0.2, -0.15) is 8.75 Å². The standard InChI is InChI=1S/C11H11Cl2N3S/c1-2-14-11(10-6-15-17-16-10)7-3-4-8(12)9(13)5-7/h3-6,11,14H,2H2,1H3. The Labute approximate surface area is 114 Å². The van der Waals surface area contributed by atoms with E-state index in [2.05, 4.69) is 14.1 Å². The van der Waals surface area contributed by atoms with Crippen molar-refractivity contribution in [3.05, 3.63) is 45.7 Å². The first-order valence-electron chi connectivity index (χ1n) is 5.18. The molecule has 0 aliphatic rings. The molecule has 6 heteroatoms. The van der Waals surface area contributed by atoms with Crippen molar-refractivity contribution >= 4 is 34.9 Å². The van der Waals surface area contributed by atoms with Crippen molar-refractivity contribution in [3.63, 3.8) is 0 Å². The second kappa shape index (κ2) is 5.78. The van der Waals surface area contributed by atoms with Crippen LogP contribution >= 0.6 is 34.9 Å². The zero-order valence-corrected chi connectivity index (χ0v) is 11.5. The molecule has 1 heterocycles. The summed E-state index contributed by atoms with van der Waals surface area (Å²) in [5, 5.41) is 4.46. The zero-order chi connectivity index (χ0) is 12.3. The van der Waals surface area contributed by atoms with Crippen LogP contribution in [0.3, 0.4) is 0 Å². The second-order valence-electron chi connectivity index (χ2n) is 3.50. The Balaban J connectivity index is 2.35. The monoisotopic (exact) mass is 287 g/mol. The minimum Gasteiger partial charge on any atom is -0.305 e. The maximum Gasteiger partial charge on any atom is 0.0957 e. The Morgan fingerprint density at radius 1 is 1.35 bits per heavy atom. The summed E-state index contributed by atoms with van der Waals surface area (Å²) in [6.45, 7) is 2.88. The van der Waals surface area contributed by atoms with Crippen molar-refractivity contribution in [2.75, 3.05) is 6.54 Å². The van der Waals surface area contributed by atoms with Crippen molar-refractivity contribution in [2.24, 2.45) is 0 Å². The number of nitrogens with zero attached hydrogens (tertiary/aromatic N) is 2. The minimum atomic E-state index is 0.00789. The highest BCUT2D eigenvalue weighted by atomic mass is 35.5. The van der Waals surface area contributed by atoms with Crippen molar-refractivity contribution in [1.82, 2.24) is 14.1 Å². The lowest BCUT2D eigenvalue weighted by Gasteiger charge is -2.16. The molecule has 2 rings (SSSR count). The minimum absolute atomic E-state index is 0.00789. The van der Waals surface area contributed by atoms with E-state index in [1.54, 1.807) is 12.3 Å². The lowest BCUT2D eigenvalue weighted by atomic mass is 10.0. The molecule has 0 fully saturated rings. The third-order valence-electron chi connectivity index (χ3n) is 2.36. The van der Waals surface area contributed by atoms with Crippen molar-refractivity contribution in [1.29, 1.82) is 0 Å². The average molecular weight is 288 g/mol. The summed E-state index contributed by atoms with van der Waals surface area (Å²) in [5.74, 6) is 0. The molecule has 3 nitrogen and oxygen atoms in total. The molecular formula is C11H11Cl2N3S. The fourth-order valence-electron chi connectivity index (χ4n) is 1.59. The first-order chi connectivity index (χ1) is 8.22. The van der Waals surface area contributed by atoms with Crippen LogP contribution in [0.2, 0.25) is 10.0 Å². The van der Waals surface area contributed by atoms with Gasteiger partial charge in [-0.3, -0.25) is 0 Å². The molecule has 17 heavy (non-hydrogen) atoms. The van der Waals surface area contributed by atoms with Gasteiger partial charge >= 0.3 is 0 Å². The van der Waals surface area contributed by atoms with Crippen LogP contribution in [0.25, 0.3) is 0 Å². The number of rotatable bonds is 4.